The molecule has 0 unspecified atom stereocenters. The van der Waals surface area contributed by atoms with Gasteiger partial charge in [-0.2, -0.15) is 4.72 Å². The van der Waals surface area contributed by atoms with Gasteiger partial charge in [-0.25, -0.2) is 8.42 Å². The first-order valence-corrected chi connectivity index (χ1v) is 11.2. The standard InChI is InChI=1S/C20H28N4O5S/c1-3-9-22-30(27,28)18-7-5-17(6-8-18)20(26)24-13-11-23(12-14-24)16-19(25)21-10-4-15-29-2/h1,5-8,22H,4,9-16H2,2H3,(H,21,25). The number of benzene rings is 1. The van der Waals surface area contributed by atoms with Crippen LogP contribution in [0.5, 0.6) is 0 Å². The fourth-order valence-corrected chi connectivity index (χ4v) is 3.93. The molecule has 0 atom stereocenters. The molecule has 2 amide bonds. The summed E-state index contributed by atoms with van der Waals surface area (Å²) in [6.07, 6.45) is 5.84. The number of methoxy groups -OCH3 is 1. The van der Waals surface area contributed by atoms with Gasteiger partial charge in [-0.15, -0.1) is 6.42 Å². The lowest BCUT2D eigenvalue weighted by Gasteiger charge is -2.34. The third-order valence-corrected chi connectivity index (χ3v) is 6.07. The van der Waals surface area contributed by atoms with Crippen LogP contribution in [-0.4, -0.2) is 89.6 Å². The van der Waals surface area contributed by atoms with E-state index < -0.39 is 10.0 Å². The zero-order chi connectivity index (χ0) is 22.0. The van der Waals surface area contributed by atoms with Gasteiger partial charge in [-0.1, -0.05) is 5.92 Å². The average Bonchev–Trinajstić information content (AvgIpc) is 2.75. The van der Waals surface area contributed by atoms with E-state index in [1.165, 1.54) is 24.3 Å². The van der Waals surface area contributed by atoms with Crippen LogP contribution in [-0.2, 0) is 19.6 Å². The molecule has 2 N–H and O–H groups in total. The molecule has 0 saturated carbocycles. The molecule has 10 heteroatoms. The zero-order valence-electron chi connectivity index (χ0n) is 17.1. The quantitative estimate of drug-likeness (QED) is 0.379. The van der Waals surface area contributed by atoms with Gasteiger partial charge in [0.1, 0.15) is 0 Å². The van der Waals surface area contributed by atoms with Crippen LogP contribution in [0.15, 0.2) is 29.2 Å². The molecular weight excluding hydrogens is 408 g/mol. The van der Waals surface area contributed by atoms with E-state index in [1.807, 2.05) is 4.90 Å². The second kappa shape index (κ2) is 11.7. The monoisotopic (exact) mass is 436 g/mol. The largest absolute Gasteiger partial charge is 0.385 e. The van der Waals surface area contributed by atoms with E-state index in [2.05, 4.69) is 16.0 Å². The van der Waals surface area contributed by atoms with Crippen LogP contribution in [0, 0.1) is 12.3 Å². The maximum absolute atomic E-state index is 12.7. The highest BCUT2D eigenvalue weighted by atomic mass is 32.2. The van der Waals surface area contributed by atoms with Crippen molar-refractivity contribution < 1.29 is 22.7 Å². The summed E-state index contributed by atoms with van der Waals surface area (Å²) in [6.45, 7) is 3.58. The van der Waals surface area contributed by atoms with Gasteiger partial charge in [0.25, 0.3) is 5.91 Å². The molecule has 1 aliphatic rings. The number of amides is 2. The molecule has 1 aromatic carbocycles. The number of rotatable bonds is 10. The van der Waals surface area contributed by atoms with Crippen LogP contribution >= 0.6 is 0 Å². The molecule has 1 fully saturated rings. The first-order chi connectivity index (χ1) is 14.4. The van der Waals surface area contributed by atoms with Crippen molar-refractivity contribution in [3.63, 3.8) is 0 Å². The van der Waals surface area contributed by atoms with Crippen LogP contribution in [0.3, 0.4) is 0 Å². The van der Waals surface area contributed by atoms with Crippen molar-refractivity contribution in [2.24, 2.45) is 0 Å². The number of nitrogens with zero attached hydrogens (tertiary/aromatic N) is 2. The number of hydrogen-bond acceptors (Lipinski definition) is 6. The van der Waals surface area contributed by atoms with Crippen molar-refractivity contribution in [3.05, 3.63) is 29.8 Å². The summed E-state index contributed by atoms with van der Waals surface area (Å²) in [5.74, 6) is 2.00. The highest BCUT2D eigenvalue weighted by molar-refractivity contribution is 7.89. The third kappa shape index (κ3) is 7.11. The highest BCUT2D eigenvalue weighted by Gasteiger charge is 2.23. The minimum atomic E-state index is -3.69. The number of ether oxygens (including phenoxy) is 1. The van der Waals surface area contributed by atoms with Crippen molar-refractivity contribution in [2.75, 3.05) is 59.5 Å². The van der Waals surface area contributed by atoms with Crippen molar-refractivity contribution in [1.29, 1.82) is 0 Å². The molecule has 1 aromatic rings. The molecule has 0 radical (unpaired) electrons. The topological polar surface area (TPSA) is 108 Å². The van der Waals surface area contributed by atoms with E-state index in [1.54, 1.807) is 12.0 Å². The molecule has 0 aliphatic carbocycles. The summed E-state index contributed by atoms with van der Waals surface area (Å²) in [4.78, 5) is 28.4. The van der Waals surface area contributed by atoms with Gasteiger partial charge >= 0.3 is 0 Å². The smallest absolute Gasteiger partial charge is 0.253 e. The lowest BCUT2D eigenvalue weighted by Crippen LogP contribution is -2.51. The molecular formula is C20H28N4O5S. The Balaban J connectivity index is 1.82. The summed E-state index contributed by atoms with van der Waals surface area (Å²) in [5.41, 5.74) is 0.412. The number of piperazine rings is 1. The maximum Gasteiger partial charge on any atom is 0.253 e. The van der Waals surface area contributed by atoms with Crippen LogP contribution in [0.25, 0.3) is 0 Å². The molecule has 1 heterocycles. The van der Waals surface area contributed by atoms with E-state index in [0.29, 0.717) is 51.4 Å². The van der Waals surface area contributed by atoms with Crippen LogP contribution < -0.4 is 10.0 Å². The summed E-state index contributed by atoms with van der Waals surface area (Å²) >= 11 is 0. The van der Waals surface area contributed by atoms with Crippen molar-refractivity contribution in [1.82, 2.24) is 19.8 Å². The number of terminal acetylenes is 1. The molecule has 1 aliphatic heterocycles. The Kier molecular flexibility index (Phi) is 9.26. The molecule has 2 rings (SSSR count). The van der Waals surface area contributed by atoms with E-state index in [-0.39, 0.29) is 23.3 Å². The van der Waals surface area contributed by atoms with Gasteiger partial charge in [-0.3, -0.25) is 14.5 Å². The lowest BCUT2D eigenvalue weighted by molar-refractivity contribution is -0.122. The molecule has 30 heavy (non-hydrogen) atoms. The van der Waals surface area contributed by atoms with Crippen molar-refractivity contribution in [3.8, 4) is 12.3 Å². The van der Waals surface area contributed by atoms with Gasteiger partial charge in [0.05, 0.1) is 18.0 Å². The Morgan fingerprint density at radius 2 is 1.83 bits per heavy atom. The van der Waals surface area contributed by atoms with Gasteiger partial charge in [0.15, 0.2) is 0 Å². The molecule has 1 saturated heterocycles. The molecule has 164 valence electrons. The van der Waals surface area contributed by atoms with Crippen LogP contribution in [0.1, 0.15) is 16.8 Å². The second-order valence-electron chi connectivity index (χ2n) is 6.82. The lowest BCUT2D eigenvalue weighted by atomic mass is 10.2. The predicted octanol–water partition coefficient (Wildman–Crippen LogP) is -0.491. The second-order valence-corrected chi connectivity index (χ2v) is 8.58. The van der Waals surface area contributed by atoms with Gasteiger partial charge in [-0.05, 0) is 30.7 Å². The number of hydrogen-bond donors (Lipinski definition) is 2. The van der Waals surface area contributed by atoms with Crippen molar-refractivity contribution in [2.45, 2.75) is 11.3 Å². The Bertz CT molecular complexity index is 856. The van der Waals surface area contributed by atoms with Crippen LogP contribution in [0.4, 0.5) is 0 Å². The SMILES string of the molecule is C#CCNS(=O)(=O)c1ccc(C(=O)N2CCN(CC(=O)NCCCOC)CC2)cc1. The Morgan fingerprint density at radius 3 is 2.43 bits per heavy atom. The zero-order valence-corrected chi connectivity index (χ0v) is 17.9. The van der Waals surface area contributed by atoms with Gasteiger partial charge in [0.2, 0.25) is 15.9 Å². The minimum absolute atomic E-state index is 0.0406. The molecule has 0 aromatic heterocycles. The number of carbonyl (C=O) groups is 2. The van der Waals surface area contributed by atoms with E-state index >= 15 is 0 Å². The fourth-order valence-electron chi connectivity index (χ4n) is 2.99. The maximum atomic E-state index is 12.7. The highest BCUT2D eigenvalue weighted by Crippen LogP contribution is 2.13. The molecule has 9 nitrogen and oxygen atoms in total. The average molecular weight is 437 g/mol. The first-order valence-electron chi connectivity index (χ1n) is 9.68. The fraction of sp³-hybridized carbons (Fsp3) is 0.500. The molecule has 0 bridgehead atoms. The normalized spacial score (nSPS) is 14.9. The first kappa shape index (κ1) is 23.8. The minimum Gasteiger partial charge on any atom is -0.385 e. The molecule has 0 spiro atoms. The van der Waals surface area contributed by atoms with Gasteiger partial charge < -0.3 is 15.0 Å². The number of carbonyl (C=O) groups excluding carboxylic acids is 2. The van der Waals surface area contributed by atoms with Gasteiger partial charge in [0, 0.05) is 52.0 Å². The van der Waals surface area contributed by atoms with E-state index in [9.17, 15) is 18.0 Å². The summed E-state index contributed by atoms with van der Waals surface area (Å²) < 4.78 is 31.3. The van der Waals surface area contributed by atoms with E-state index in [0.717, 1.165) is 6.42 Å². The Morgan fingerprint density at radius 1 is 1.17 bits per heavy atom. The predicted molar refractivity (Wildman–Crippen MR) is 112 cm³/mol. The van der Waals surface area contributed by atoms with Crippen molar-refractivity contribution >= 4 is 21.8 Å². The Hall–Kier alpha value is -2.45. The summed E-state index contributed by atoms with van der Waals surface area (Å²) in [5, 5.41) is 2.85. The van der Waals surface area contributed by atoms with Crippen LogP contribution in [0.2, 0.25) is 0 Å². The Labute approximate surface area is 177 Å². The van der Waals surface area contributed by atoms with E-state index in [4.69, 9.17) is 11.2 Å². The third-order valence-electron chi connectivity index (χ3n) is 4.65. The number of sulfonamides is 1. The summed E-state index contributed by atoms with van der Waals surface area (Å²) in [7, 11) is -2.07. The summed E-state index contributed by atoms with van der Waals surface area (Å²) in [6, 6.07) is 5.76. The number of nitrogens with one attached hydrogen (secondary N) is 2.